The highest BCUT2D eigenvalue weighted by Crippen LogP contribution is 2.08. The van der Waals surface area contributed by atoms with Crippen molar-refractivity contribution in [1.82, 2.24) is 10.6 Å². The van der Waals surface area contributed by atoms with Crippen molar-refractivity contribution in [2.75, 3.05) is 37.9 Å². The van der Waals surface area contributed by atoms with Crippen LogP contribution in [0.3, 0.4) is 0 Å². The van der Waals surface area contributed by atoms with Gasteiger partial charge in [-0.25, -0.2) is 16.8 Å². The van der Waals surface area contributed by atoms with Crippen molar-refractivity contribution in [3.8, 4) is 0 Å². The van der Waals surface area contributed by atoms with Gasteiger partial charge in [-0.05, 0) is 36.6 Å². The molecule has 152 valence electrons. The highest BCUT2D eigenvalue weighted by molar-refractivity contribution is 7.94. The Kier molecular flexibility index (Phi) is 7.97. The molecule has 27 heavy (non-hydrogen) atoms. The van der Waals surface area contributed by atoms with Crippen molar-refractivity contribution in [2.24, 2.45) is 0 Å². The van der Waals surface area contributed by atoms with Crippen molar-refractivity contribution >= 4 is 54.5 Å². The second-order valence-electron chi connectivity index (χ2n) is 5.70. The third-order valence-electron chi connectivity index (χ3n) is 3.39. The first-order chi connectivity index (χ1) is 12.7. The summed E-state index contributed by atoms with van der Waals surface area (Å²) in [4.78, 5) is 0. The van der Waals surface area contributed by atoms with E-state index in [0.29, 0.717) is 0 Å². The minimum absolute atomic E-state index is 0.0408. The highest BCUT2D eigenvalue weighted by Gasteiger charge is 2.23. The van der Waals surface area contributed by atoms with Gasteiger partial charge in [0.2, 0.25) is 0 Å². The van der Waals surface area contributed by atoms with Gasteiger partial charge >= 0.3 is 0 Å². The Morgan fingerprint density at radius 3 is 1.56 bits per heavy atom. The van der Waals surface area contributed by atoms with Crippen LogP contribution >= 0.6 is 24.4 Å². The lowest BCUT2D eigenvalue weighted by Gasteiger charge is -2.14. The first-order valence-electron chi connectivity index (χ1n) is 7.91. The van der Waals surface area contributed by atoms with Crippen molar-refractivity contribution in [3.05, 3.63) is 23.0 Å². The number of sulfone groups is 2. The third kappa shape index (κ3) is 8.51. The van der Waals surface area contributed by atoms with Crippen molar-refractivity contribution in [2.45, 2.75) is 12.1 Å². The maximum absolute atomic E-state index is 11.3. The fourth-order valence-electron chi connectivity index (χ4n) is 2.21. The molecule has 0 fully saturated rings. The molecule has 0 aromatic carbocycles. The molecule has 0 saturated heterocycles. The Morgan fingerprint density at radius 2 is 1.22 bits per heavy atom. The molecule has 13 heteroatoms. The fourth-order valence-corrected chi connectivity index (χ4v) is 5.15. The molecule has 0 aromatic rings. The topological polar surface area (TPSA) is 120 Å². The average molecular weight is 457 g/mol. The van der Waals surface area contributed by atoms with E-state index in [4.69, 9.17) is 38.6 Å². The van der Waals surface area contributed by atoms with Gasteiger partial charge in [-0.1, -0.05) is 0 Å². The zero-order valence-corrected chi connectivity index (χ0v) is 17.5. The van der Waals surface area contributed by atoms with Gasteiger partial charge in [-0.2, -0.15) is 0 Å². The van der Waals surface area contributed by atoms with Crippen molar-refractivity contribution in [1.29, 1.82) is 0 Å². The summed E-state index contributed by atoms with van der Waals surface area (Å²) in [6.45, 7) is 0.909. The molecular formula is C14H20N2O7S4. The van der Waals surface area contributed by atoms with Gasteiger partial charge in [0.05, 0.1) is 36.8 Å². The maximum Gasteiger partial charge on any atom is 0.257 e. The normalized spacial score (nSPS) is 24.4. The van der Waals surface area contributed by atoms with Gasteiger partial charge in [0.15, 0.2) is 19.7 Å². The summed E-state index contributed by atoms with van der Waals surface area (Å²) in [7, 11) is -6.29. The number of ether oxygens (including phenoxy) is 3. The van der Waals surface area contributed by atoms with E-state index in [1.165, 1.54) is 12.2 Å². The van der Waals surface area contributed by atoms with Gasteiger partial charge in [0.25, 0.3) is 10.3 Å². The third-order valence-corrected chi connectivity index (χ3v) is 6.65. The van der Waals surface area contributed by atoms with Gasteiger partial charge in [0, 0.05) is 10.8 Å². The van der Waals surface area contributed by atoms with E-state index in [-0.39, 0.29) is 60.4 Å². The van der Waals surface area contributed by atoms with E-state index in [0.717, 1.165) is 10.8 Å². The van der Waals surface area contributed by atoms with Crippen LogP contribution in [0.5, 0.6) is 0 Å². The first-order valence-corrected chi connectivity index (χ1v) is 12.2. The predicted molar refractivity (Wildman–Crippen MR) is 108 cm³/mol. The van der Waals surface area contributed by atoms with Gasteiger partial charge in [-0.3, -0.25) is 0 Å². The first kappa shape index (κ1) is 22.0. The summed E-state index contributed by atoms with van der Waals surface area (Å²) in [5.74, 6) is -0.0816. The summed E-state index contributed by atoms with van der Waals surface area (Å²) in [6, 6.07) is -0.759. The number of thiocarbonyl (C=S) groups is 2. The Morgan fingerprint density at radius 1 is 0.815 bits per heavy atom. The zero-order valence-electron chi connectivity index (χ0n) is 14.2. The Bertz CT molecular complexity index is 752. The van der Waals surface area contributed by atoms with Crippen LogP contribution in [0.15, 0.2) is 23.0 Å². The van der Waals surface area contributed by atoms with E-state index in [1.807, 2.05) is 0 Å². The number of hydrogen-bond donors (Lipinski definition) is 2. The van der Waals surface area contributed by atoms with Gasteiger partial charge in [-0.15, -0.1) is 0 Å². The molecule has 9 nitrogen and oxygen atoms in total. The van der Waals surface area contributed by atoms with E-state index in [9.17, 15) is 16.8 Å². The van der Waals surface area contributed by atoms with Crippen LogP contribution in [0.1, 0.15) is 0 Å². The molecule has 2 atom stereocenters. The lowest BCUT2D eigenvalue weighted by molar-refractivity contribution is 0.0702. The number of rotatable bonds is 8. The molecule has 2 unspecified atom stereocenters. The monoisotopic (exact) mass is 456 g/mol. The van der Waals surface area contributed by atoms with Crippen LogP contribution in [-0.2, 0) is 33.9 Å². The van der Waals surface area contributed by atoms with Crippen molar-refractivity contribution < 1.29 is 31.0 Å². The molecular weight excluding hydrogens is 436 g/mol. The van der Waals surface area contributed by atoms with Crippen LogP contribution in [-0.4, -0.2) is 77.2 Å². The fraction of sp³-hybridized carbons (Fsp3) is 0.571. The minimum atomic E-state index is -3.14. The summed E-state index contributed by atoms with van der Waals surface area (Å²) >= 11 is 9.94. The average Bonchev–Trinajstić information content (AvgIpc) is 3.07. The van der Waals surface area contributed by atoms with Crippen LogP contribution in [0.2, 0.25) is 0 Å². The zero-order chi connectivity index (χ0) is 19.9. The number of nitrogens with one attached hydrogen (secondary N) is 2. The van der Waals surface area contributed by atoms with Gasteiger partial charge < -0.3 is 24.8 Å². The van der Waals surface area contributed by atoms with Crippen LogP contribution < -0.4 is 10.6 Å². The molecule has 0 spiro atoms. The molecule has 2 rings (SSSR count). The Balaban J connectivity index is 1.45. The molecule has 0 amide bonds. The summed E-state index contributed by atoms with van der Waals surface area (Å²) in [6.07, 6.45) is 3.04. The molecule has 0 radical (unpaired) electrons. The van der Waals surface area contributed by atoms with E-state index in [2.05, 4.69) is 10.6 Å². The van der Waals surface area contributed by atoms with Gasteiger partial charge in [0.1, 0.15) is 13.2 Å². The molecule has 0 aromatic heterocycles. The molecule has 2 N–H and O–H groups in total. The minimum Gasteiger partial charge on any atom is -0.469 e. The SMILES string of the molecule is O=S1(=O)C=CC(NC(=S)OCCOCCOC(=S)NC2C=CS(=O)(=O)C2)C1. The molecule has 0 bridgehead atoms. The lowest BCUT2D eigenvalue weighted by Crippen LogP contribution is -2.36. The number of hydrogen-bond acceptors (Lipinski definition) is 9. The Hall–Kier alpha value is -1.28. The maximum atomic E-state index is 11.3. The smallest absolute Gasteiger partial charge is 0.257 e. The quantitative estimate of drug-likeness (QED) is 0.360. The molecule has 2 heterocycles. The summed E-state index contributed by atoms with van der Waals surface area (Å²) in [5.41, 5.74) is 0. The predicted octanol–water partition coefficient (Wildman–Crippen LogP) is -0.593. The Labute approximate surface area is 169 Å². The van der Waals surface area contributed by atoms with E-state index in [1.54, 1.807) is 0 Å². The van der Waals surface area contributed by atoms with Crippen LogP contribution in [0.25, 0.3) is 0 Å². The van der Waals surface area contributed by atoms with Crippen LogP contribution in [0, 0.1) is 0 Å². The van der Waals surface area contributed by atoms with E-state index >= 15 is 0 Å². The summed E-state index contributed by atoms with van der Waals surface area (Å²) < 4.78 is 60.8. The standard InChI is InChI=1S/C14H20N2O7S4/c17-26(18)7-1-11(9-26)15-13(24)22-5-3-21-4-6-23-14(25)16-12-2-8-27(19,20)10-12/h1-2,7-8,11-12H,3-6,9-10H2,(H,15,24)(H,16,25). The molecule has 0 saturated carbocycles. The largest absolute Gasteiger partial charge is 0.469 e. The molecule has 2 aliphatic heterocycles. The van der Waals surface area contributed by atoms with Crippen LogP contribution in [0.4, 0.5) is 0 Å². The summed E-state index contributed by atoms with van der Waals surface area (Å²) in [5, 5.41) is 8.07. The second-order valence-corrected chi connectivity index (χ2v) is 10.3. The molecule has 2 aliphatic rings. The molecule has 0 aliphatic carbocycles. The van der Waals surface area contributed by atoms with E-state index < -0.39 is 19.7 Å². The second kappa shape index (κ2) is 9.78. The lowest BCUT2D eigenvalue weighted by atomic mass is 10.3. The highest BCUT2D eigenvalue weighted by atomic mass is 32.2. The van der Waals surface area contributed by atoms with Crippen molar-refractivity contribution in [3.63, 3.8) is 0 Å².